The molecule has 0 bridgehead atoms. The van der Waals surface area contributed by atoms with Crippen molar-refractivity contribution in [2.24, 2.45) is 0 Å². The highest BCUT2D eigenvalue weighted by molar-refractivity contribution is 5.96. The Morgan fingerprint density at radius 2 is 1.49 bits per heavy atom. The zero-order valence-electron chi connectivity index (χ0n) is 27.6. The van der Waals surface area contributed by atoms with E-state index >= 15 is 0 Å². The molecule has 3 N–H and O–H groups in total. The molecule has 6 rings (SSSR count). The highest BCUT2D eigenvalue weighted by Crippen LogP contribution is 2.28. The summed E-state index contributed by atoms with van der Waals surface area (Å²) >= 11 is 0. The van der Waals surface area contributed by atoms with E-state index in [9.17, 15) is 19.2 Å². The lowest BCUT2D eigenvalue weighted by molar-refractivity contribution is -0.140. The first-order chi connectivity index (χ1) is 22.9. The third-order valence-corrected chi connectivity index (χ3v) is 10.4. The number of hydrogen-bond donors (Lipinski definition) is 3. The minimum absolute atomic E-state index is 0.0223. The molecule has 0 saturated carbocycles. The van der Waals surface area contributed by atoms with Gasteiger partial charge in [-0.3, -0.25) is 9.59 Å². The van der Waals surface area contributed by atoms with Crippen LogP contribution in [0.15, 0.2) is 48.5 Å². The van der Waals surface area contributed by atoms with Gasteiger partial charge in [-0.05, 0) is 87.4 Å². The summed E-state index contributed by atoms with van der Waals surface area (Å²) in [6, 6.07) is 14.4. The molecule has 0 unspecified atom stereocenters. The predicted octanol–water partition coefficient (Wildman–Crippen LogP) is 4.64. The lowest BCUT2D eigenvalue weighted by Gasteiger charge is -2.41. The van der Waals surface area contributed by atoms with Gasteiger partial charge < -0.3 is 35.6 Å². The minimum Gasteiger partial charge on any atom is -0.342 e. The van der Waals surface area contributed by atoms with Crippen LogP contribution < -0.4 is 16.0 Å². The number of amides is 6. The fourth-order valence-corrected chi connectivity index (χ4v) is 7.55. The summed E-state index contributed by atoms with van der Waals surface area (Å²) in [6.45, 7) is 7.11. The molecule has 1 atom stereocenters. The van der Waals surface area contributed by atoms with Crippen molar-refractivity contribution in [3.63, 3.8) is 0 Å². The number of carbonyl (C=O) groups excluding carboxylic acids is 4. The van der Waals surface area contributed by atoms with Gasteiger partial charge in [0.2, 0.25) is 11.8 Å². The molecule has 4 aliphatic heterocycles. The molecule has 11 nitrogen and oxygen atoms in total. The molecule has 0 spiro atoms. The highest BCUT2D eigenvalue weighted by Gasteiger charge is 2.36. The zero-order valence-corrected chi connectivity index (χ0v) is 27.6. The molecule has 0 aromatic heterocycles. The number of hydrogen-bond acceptors (Lipinski definition) is 5. The van der Waals surface area contributed by atoms with E-state index in [2.05, 4.69) is 27.8 Å². The van der Waals surface area contributed by atoms with Crippen LogP contribution in [-0.4, -0.2) is 101 Å². The largest absolute Gasteiger partial charge is 0.342 e. The third-order valence-electron chi connectivity index (χ3n) is 10.4. The van der Waals surface area contributed by atoms with Crippen LogP contribution >= 0.6 is 0 Å². The number of para-hydroxylation sites is 1. The molecule has 47 heavy (non-hydrogen) atoms. The number of aryl methyl sites for hydroxylation is 1. The third kappa shape index (κ3) is 8.06. The molecule has 2 aromatic carbocycles. The first-order valence-corrected chi connectivity index (χ1v) is 17.5. The number of nitrogens with one attached hydrogen (secondary N) is 3. The van der Waals surface area contributed by atoms with Crippen LogP contribution in [0.3, 0.4) is 0 Å². The van der Waals surface area contributed by atoms with Crippen molar-refractivity contribution in [3.8, 4) is 0 Å². The summed E-state index contributed by atoms with van der Waals surface area (Å²) in [5, 5.41) is 8.68. The van der Waals surface area contributed by atoms with E-state index < -0.39 is 12.1 Å². The van der Waals surface area contributed by atoms with E-state index in [1.165, 1.54) is 19.3 Å². The van der Waals surface area contributed by atoms with Gasteiger partial charge in [-0.25, -0.2) is 9.59 Å². The number of likely N-dealkylation sites (tertiary alicyclic amines) is 3. The summed E-state index contributed by atoms with van der Waals surface area (Å²) in [4.78, 5) is 61.6. The molecule has 0 radical (unpaired) electrons. The van der Waals surface area contributed by atoms with Crippen molar-refractivity contribution in [1.29, 1.82) is 0 Å². The first-order valence-electron chi connectivity index (χ1n) is 17.5. The van der Waals surface area contributed by atoms with Gasteiger partial charge in [-0.15, -0.1) is 0 Å². The normalized spacial score (nSPS) is 20.3. The van der Waals surface area contributed by atoms with E-state index in [0.29, 0.717) is 57.3 Å². The topological polar surface area (TPSA) is 117 Å². The second-order valence-corrected chi connectivity index (χ2v) is 13.4. The minimum atomic E-state index is -0.967. The Morgan fingerprint density at radius 3 is 2.19 bits per heavy atom. The lowest BCUT2D eigenvalue weighted by atomic mass is 9.98. The van der Waals surface area contributed by atoms with Crippen LogP contribution in [-0.2, 0) is 22.6 Å². The molecule has 4 aliphatic rings. The maximum absolute atomic E-state index is 13.9. The van der Waals surface area contributed by atoms with Gasteiger partial charge in [-0.2, -0.15) is 0 Å². The van der Waals surface area contributed by atoms with Gasteiger partial charge in [0, 0.05) is 56.2 Å². The van der Waals surface area contributed by atoms with Crippen molar-refractivity contribution in [1.82, 2.24) is 24.9 Å². The number of rotatable bonds is 8. The SMILES string of the molecule is CCc1ccc(NC(=O)N[C@H](CC(=O)N2CCC(N3Cc4ccccc4NC3=O)CC2)C(=O)N2CCC(N3CCCCC3)CC2)cc1. The van der Waals surface area contributed by atoms with E-state index in [4.69, 9.17) is 0 Å². The monoisotopic (exact) mass is 643 g/mol. The van der Waals surface area contributed by atoms with Crippen molar-refractivity contribution in [2.45, 2.75) is 89.4 Å². The Balaban J connectivity index is 1.07. The van der Waals surface area contributed by atoms with E-state index in [1.807, 2.05) is 58.3 Å². The summed E-state index contributed by atoms with van der Waals surface area (Å²) in [6.07, 6.45) is 7.69. The number of piperidine rings is 3. The maximum Gasteiger partial charge on any atom is 0.322 e. The number of fused-ring (bicyclic) bond motifs is 1. The standard InChI is InChI=1S/C36H49N7O4/c1-2-26-10-12-28(13-11-26)37-35(46)38-32(34(45)42-22-14-29(15-23-42)40-18-6-3-7-19-40)24-33(44)41-20-16-30(17-21-41)43-25-27-8-4-5-9-31(27)39-36(43)47/h4-5,8-13,29-30,32H,2-3,6-7,14-25H2,1H3,(H,39,47)(H2,37,38,46)/t32-/m1/s1. The Labute approximate surface area is 278 Å². The average molecular weight is 644 g/mol. The number of nitrogens with zero attached hydrogens (tertiary/aromatic N) is 4. The molecule has 4 heterocycles. The second kappa shape index (κ2) is 15.2. The van der Waals surface area contributed by atoms with E-state index in [0.717, 1.165) is 49.2 Å². The smallest absolute Gasteiger partial charge is 0.322 e. The fraction of sp³-hybridized carbons (Fsp3) is 0.556. The van der Waals surface area contributed by atoms with Crippen molar-refractivity contribution >= 4 is 35.3 Å². The van der Waals surface area contributed by atoms with Crippen LogP contribution in [0.2, 0.25) is 0 Å². The van der Waals surface area contributed by atoms with Gasteiger partial charge in [0.1, 0.15) is 6.04 Å². The van der Waals surface area contributed by atoms with E-state index in [1.54, 1.807) is 4.90 Å². The number of carbonyl (C=O) groups is 4. The Hall–Kier alpha value is -4.12. The average Bonchev–Trinajstić information content (AvgIpc) is 3.11. The second-order valence-electron chi connectivity index (χ2n) is 13.4. The molecule has 0 aliphatic carbocycles. The zero-order chi connectivity index (χ0) is 32.8. The summed E-state index contributed by atoms with van der Waals surface area (Å²) in [7, 11) is 0. The summed E-state index contributed by atoms with van der Waals surface area (Å²) in [5.74, 6) is -0.364. The van der Waals surface area contributed by atoms with Crippen molar-refractivity contribution in [2.75, 3.05) is 49.9 Å². The van der Waals surface area contributed by atoms with Crippen molar-refractivity contribution in [3.05, 3.63) is 59.7 Å². The van der Waals surface area contributed by atoms with Crippen LogP contribution in [0, 0.1) is 0 Å². The van der Waals surface area contributed by atoms with Crippen LogP contribution in [0.4, 0.5) is 21.0 Å². The predicted molar refractivity (Wildman–Crippen MR) is 182 cm³/mol. The summed E-state index contributed by atoms with van der Waals surface area (Å²) < 4.78 is 0. The van der Waals surface area contributed by atoms with Crippen LogP contribution in [0.25, 0.3) is 0 Å². The molecule has 252 valence electrons. The Bertz CT molecular complexity index is 1410. The molecule has 3 saturated heterocycles. The van der Waals surface area contributed by atoms with Gasteiger partial charge >= 0.3 is 12.1 Å². The molecule has 3 fully saturated rings. The number of benzene rings is 2. The van der Waals surface area contributed by atoms with Crippen molar-refractivity contribution < 1.29 is 19.2 Å². The Kier molecular flexibility index (Phi) is 10.6. The maximum atomic E-state index is 13.9. The molecule has 11 heteroatoms. The molecular weight excluding hydrogens is 594 g/mol. The molecule has 6 amide bonds. The highest BCUT2D eigenvalue weighted by atomic mass is 16.2. The van der Waals surface area contributed by atoms with Gasteiger partial charge in [-0.1, -0.05) is 43.7 Å². The van der Waals surface area contributed by atoms with Gasteiger partial charge in [0.05, 0.1) is 6.42 Å². The summed E-state index contributed by atoms with van der Waals surface area (Å²) in [5.41, 5.74) is 3.72. The Morgan fingerprint density at radius 1 is 0.830 bits per heavy atom. The van der Waals surface area contributed by atoms with Gasteiger partial charge in [0.15, 0.2) is 0 Å². The number of urea groups is 2. The quantitative estimate of drug-likeness (QED) is 0.388. The fourth-order valence-electron chi connectivity index (χ4n) is 7.55. The van der Waals surface area contributed by atoms with Crippen LogP contribution in [0.5, 0.6) is 0 Å². The lowest BCUT2D eigenvalue weighted by Crippen LogP contribution is -2.56. The first kappa shape index (κ1) is 32.8. The van der Waals surface area contributed by atoms with E-state index in [-0.39, 0.29) is 30.3 Å². The van der Waals surface area contributed by atoms with Gasteiger partial charge in [0.25, 0.3) is 0 Å². The van der Waals surface area contributed by atoms with Crippen LogP contribution in [0.1, 0.15) is 69.4 Å². The molecule has 2 aromatic rings. The number of anilines is 2. The molecular formula is C36H49N7O4.